The van der Waals surface area contributed by atoms with Crippen molar-refractivity contribution < 1.29 is 17.9 Å². The summed E-state index contributed by atoms with van der Waals surface area (Å²) in [4.78, 5) is 12.1. The second-order valence-corrected chi connectivity index (χ2v) is 8.47. The number of ether oxygens (including phenoxy) is 1. The maximum atomic E-state index is 11.8. The molecule has 21 heavy (non-hydrogen) atoms. The van der Waals surface area contributed by atoms with E-state index in [9.17, 15) is 13.2 Å². The van der Waals surface area contributed by atoms with Gasteiger partial charge in [0.2, 0.25) is 0 Å². The zero-order valence-corrected chi connectivity index (χ0v) is 13.6. The topological polar surface area (TPSA) is 72.5 Å². The molecule has 2 rings (SSSR count). The maximum Gasteiger partial charge on any atom is 0.407 e. The lowest BCUT2D eigenvalue weighted by Gasteiger charge is -2.21. The monoisotopic (exact) mass is 311 g/mol. The normalized spacial score (nSPS) is 18.2. The smallest absolute Gasteiger partial charge is 0.407 e. The Hall–Kier alpha value is -1.56. The highest BCUT2D eigenvalue weighted by Gasteiger charge is 2.26. The number of amides is 1. The van der Waals surface area contributed by atoms with Gasteiger partial charge in [-0.05, 0) is 56.9 Å². The molecule has 1 N–H and O–H groups in total. The van der Waals surface area contributed by atoms with E-state index >= 15 is 0 Å². The molecule has 0 fully saturated rings. The highest BCUT2D eigenvalue weighted by Crippen LogP contribution is 2.25. The van der Waals surface area contributed by atoms with Crippen LogP contribution < -0.4 is 5.32 Å². The molecule has 6 heteroatoms. The Bertz CT molecular complexity index is 659. The van der Waals surface area contributed by atoms with Crippen LogP contribution in [0.4, 0.5) is 4.79 Å². The second-order valence-electron chi connectivity index (χ2n) is 6.45. The van der Waals surface area contributed by atoms with Crippen molar-refractivity contribution in [2.24, 2.45) is 0 Å². The Morgan fingerprint density at radius 3 is 2.43 bits per heavy atom. The van der Waals surface area contributed by atoms with Crippen LogP contribution in [-0.4, -0.2) is 32.4 Å². The number of hydrogen-bond donors (Lipinski definition) is 1. The molecule has 0 bridgehead atoms. The van der Waals surface area contributed by atoms with Crippen LogP contribution in [0.25, 0.3) is 0 Å². The van der Waals surface area contributed by atoms with Gasteiger partial charge in [-0.2, -0.15) is 0 Å². The summed E-state index contributed by atoms with van der Waals surface area (Å²) in [7, 11) is -3.20. The lowest BCUT2D eigenvalue weighted by Crippen LogP contribution is -2.39. The Labute approximate surface area is 125 Å². The van der Waals surface area contributed by atoms with Crippen LogP contribution >= 0.6 is 0 Å². The van der Waals surface area contributed by atoms with Gasteiger partial charge < -0.3 is 10.1 Å². The van der Waals surface area contributed by atoms with Crippen molar-refractivity contribution in [3.8, 4) is 0 Å². The zero-order valence-electron chi connectivity index (χ0n) is 12.8. The Balaban J connectivity index is 2.05. The quantitative estimate of drug-likeness (QED) is 0.907. The zero-order chi connectivity index (χ0) is 15.8. The highest BCUT2D eigenvalue weighted by atomic mass is 32.2. The van der Waals surface area contributed by atoms with Crippen LogP contribution in [-0.2, 0) is 27.4 Å². The molecule has 0 saturated carbocycles. The van der Waals surface area contributed by atoms with E-state index in [2.05, 4.69) is 5.32 Å². The van der Waals surface area contributed by atoms with Crippen molar-refractivity contribution in [3.05, 3.63) is 29.3 Å². The summed E-state index contributed by atoms with van der Waals surface area (Å²) in [5.74, 6) is 0. The molecule has 0 radical (unpaired) electrons. The third kappa shape index (κ3) is 4.20. The van der Waals surface area contributed by atoms with E-state index < -0.39 is 21.5 Å². The minimum atomic E-state index is -3.20. The van der Waals surface area contributed by atoms with Gasteiger partial charge >= 0.3 is 6.09 Å². The fourth-order valence-corrected chi connectivity index (χ4v) is 3.07. The van der Waals surface area contributed by atoms with Crippen molar-refractivity contribution in [1.29, 1.82) is 0 Å². The van der Waals surface area contributed by atoms with E-state index in [0.717, 1.165) is 11.1 Å². The summed E-state index contributed by atoms with van der Waals surface area (Å²) >= 11 is 0. The molecule has 1 unspecified atom stereocenters. The van der Waals surface area contributed by atoms with Crippen LogP contribution in [0.2, 0.25) is 0 Å². The first-order valence-electron chi connectivity index (χ1n) is 6.86. The van der Waals surface area contributed by atoms with Gasteiger partial charge in [0.25, 0.3) is 0 Å². The molecule has 0 saturated heterocycles. The van der Waals surface area contributed by atoms with Crippen LogP contribution in [0.3, 0.4) is 0 Å². The third-order valence-electron chi connectivity index (χ3n) is 3.26. The summed E-state index contributed by atoms with van der Waals surface area (Å²) in [6.45, 7) is 5.44. The van der Waals surface area contributed by atoms with Crippen molar-refractivity contribution in [3.63, 3.8) is 0 Å². The van der Waals surface area contributed by atoms with Crippen molar-refractivity contribution >= 4 is 15.9 Å². The van der Waals surface area contributed by atoms with E-state index in [1.807, 2.05) is 26.8 Å². The Morgan fingerprint density at radius 1 is 1.24 bits per heavy atom. The first-order chi connectivity index (χ1) is 9.54. The fraction of sp³-hybridized carbons (Fsp3) is 0.533. The van der Waals surface area contributed by atoms with E-state index in [0.29, 0.717) is 17.7 Å². The maximum absolute atomic E-state index is 11.8. The molecular formula is C15H21NO4S. The molecule has 0 heterocycles. The van der Waals surface area contributed by atoms with Crippen LogP contribution in [0.5, 0.6) is 0 Å². The van der Waals surface area contributed by atoms with Gasteiger partial charge in [-0.1, -0.05) is 6.07 Å². The lowest BCUT2D eigenvalue weighted by atomic mass is 10.1. The first-order valence-corrected chi connectivity index (χ1v) is 8.75. The summed E-state index contributed by atoms with van der Waals surface area (Å²) in [6.07, 6.45) is 2.07. The molecule has 0 aromatic heterocycles. The summed E-state index contributed by atoms with van der Waals surface area (Å²) < 4.78 is 28.3. The van der Waals surface area contributed by atoms with Crippen molar-refractivity contribution in [1.82, 2.24) is 5.32 Å². The first kappa shape index (κ1) is 15.8. The molecule has 1 aliphatic rings. The van der Waals surface area contributed by atoms with E-state index in [1.165, 1.54) is 6.26 Å². The van der Waals surface area contributed by atoms with Gasteiger partial charge in [0, 0.05) is 12.3 Å². The molecule has 0 spiro atoms. The second kappa shape index (κ2) is 5.33. The Morgan fingerprint density at radius 2 is 1.86 bits per heavy atom. The van der Waals surface area contributed by atoms with Crippen molar-refractivity contribution in [2.45, 2.75) is 50.2 Å². The molecule has 0 aliphatic heterocycles. The molecule has 1 aliphatic carbocycles. The minimum absolute atomic E-state index is 0.0512. The number of carbonyl (C=O) groups excluding carboxylic acids is 1. The predicted molar refractivity (Wildman–Crippen MR) is 80.1 cm³/mol. The molecular weight excluding hydrogens is 290 g/mol. The molecule has 5 nitrogen and oxygen atoms in total. The average Bonchev–Trinajstić information content (AvgIpc) is 2.65. The molecule has 1 atom stereocenters. The Kier molecular flexibility index (Phi) is 4.02. The standard InChI is InChI=1S/C15H21NO4S/c1-15(2,3)20-14(17)16-12-7-10-5-6-13(21(4,18)19)9-11(10)8-12/h5-6,9,12H,7-8H2,1-4H3,(H,16,17). The number of fused-ring (bicyclic) bond motifs is 1. The van der Waals surface area contributed by atoms with Crippen molar-refractivity contribution in [2.75, 3.05) is 6.26 Å². The number of carbonyl (C=O) groups is 1. The molecule has 1 aromatic rings. The third-order valence-corrected chi connectivity index (χ3v) is 4.37. The number of benzene rings is 1. The number of sulfone groups is 1. The van der Waals surface area contributed by atoms with Gasteiger partial charge in [-0.3, -0.25) is 0 Å². The molecule has 1 aromatic carbocycles. The number of hydrogen-bond acceptors (Lipinski definition) is 4. The van der Waals surface area contributed by atoms with Crippen LogP contribution in [0.15, 0.2) is 23.1 Å². The summed E-state index contributed by atoms with van der Waals surface area (Å²) in [5, 5.41) is 2.83. The summed E-state index contributed by atoms with van der Waals surface area (Å²) in [6, 6.07) is 5.08. The summed E-state index contributed by atoms with van der Waals surface area (Å²) in [5.41, 5.74) is 1.52. The lowest BCUT2D eigenvalue weighted by molar-refractivity contribution is 0.0506. The van der Waals surface area contributed by atoms with E-state index in [4.69, 9.17) is 4.74 Å². The van der Waals surface area contributed by atoms with Crippen LogP contribution in [0.1, 0.15) is 31.9 Å². The number of nitrogens with one attached hydrogen (secondary N) is 1. The van der Waals surface area contributed by atoms with Crippen LogP contribution in [0, 0.1) is 0 Å². The highest BCUT2D eigenvalue weighted by molar-refractivity contribution is 7.90. The molecule has 1 amide bonds. The van der Waals surface area contributed by atoms with E-state index in [1.54, 1.807) is 12.1 Å². The number of rotatable bonds is 2. The van der Waals surface area contributed by atoms with Gasteiger partial charge in [0.15, 0.2) is 9.84 Å². The SMILES string of the molecule is CC(C)(C)OC(=O)NC1Cc2ccc(S(C)(=O)=O)cc2C1. The average molecular weight is 311 g/mol. The van der Waals surface area contributed by atoms with Gasteiger partial charge in [-0.25, -0.2) is 13.2 Å². The largest absolute Gasteiger partial charge is 0.444 e. The van der Waals surface area contributed by atoms with Gasteiger partial charge in [0.1, 0.15) is 5.60 Å². The predicted octanol–water partition coefficient (Wildman–Crippen LogP) is 2.08. The van der Waals surface area contributed by atoms with Gasteiger partial charge in [-0.15, -0.1) is 0 Å². The number of alkyl carbamates (subject to hydrolysis) is 1. The molecule has 116 valence electrons. The fourth-order valence-electron chi connectivity index (χ4n) is 2.40. The van der Waals surface area contributed by atoms with E-state index in [-0.39, 0.29) is 6.04 Å². The van der Waals surface area contributed by atoms with Gasteiger partial charge in [0.05, 0.1) is 4.90 Å². The minimum Gasteiger partial charge on any atom is -0.444 e.